The quantitative estimate of drug-likeness (QED) is 0.587. The summed E-state index contributed by atoms with van der Waals surface area (Å²) in [4.78, 5) is 0. The number of ether oxygens (including phenoxy) is 1. The van der Waals surface area contributed by atoms with Gasteiger partial charge in [-0.25, -0.2) is 0 Å². The fourth-order valence-corrected chi connectivity index (χ4v) is 3.63. The molecule has 2 fully saturated rings. The lowest BCUT2D eigenvalue weighted by atomic mass is 9.71. The van der Waals surface area contributed by atoms with E-state index in [2.05, 4.69) is 12.2 Å². The molecule has 1 unspecified atom stereocenters. The van der Waals surface area contributed by atoms with E-state index in [1.807, 2.05) is 0 Å². The average molecular weight is 239 g/mol. The molecule has 1 aliphatic carbocycles. The summed E-state index contributed by atoms with van der Waals surface area (Å²) in [6.07, 6.45) is 11.2. The maximum Gasteiger partial charge on any atom is 0.0538 e. The Balaban J connectivity index is 1.93. The second-order valence-electron chi connectivity index (χ2n) is 6.03. The van der Waals surface area contributed by atoms with Crippen LogP contribution in [0.5, 0.6) is 0 Å². The third-order valence-electron chi connectivity index (χ3n) is 4.76. The molecule has 2 nitrogen and oxygen atoms in total. The smallest absolute Gasteiger partial charge is 0.0538 e. The van der Waals surface area contributed by atoms with Gasteiger partial charge in [0.15, 0.2) is 0 Å². The first-order chi connectivity index (χ1) is 8.37. The Labute approximate surface area is 107 Å². The van der Waals surface area contributed by atoms with Gasteiger partial charge in [0.25, 0.3) is 0 Å². The monoisotopic (exact) mass is 239 g/mol. The molecule has 1 N–H and O–H groups in total. The maximum absolute atomic E-state index is 5.75. The molecule has 0 amide bonds. The second kappa shape index (κ2) is 6.75. The van der Waals surface area contributed by atoms with Crippen LogP contribution in [0.25, 0.3) is 0 Å². The molecule has 1 saturated heterocycles. The molecule has 0 spiro atoms. The van der Waals surface area contributed by atoms with Crippen LogP contribution < -0.4 is 5.32 Å². The molecule has 2 rings (SSSR count). The van der Waals surface area contributed by atoms with Gasteiger partial charge in [0.1, 0.15) is 0 Å². The Bertz CT molecular complexity index is 203. The van der Waals surface area contributed by atoms with Gasteiger partial charge in [-0.3, -0.25) is 0 Å². The molecule has 0 radical (unpaired) electrons. The summed E-state index contributed by atoms with van der Waals surface area (Å²) in [7, 11) is 0. The van der Waals surface area contributed by atoms with Crippen LogP contribution in [0.2, 0.25) is 0 Å². The largest absolute Gasteiger partial charge is 0.381 e. The molecule has 1 atom stereocenters. The normalized spacial score (nSPS) is 31.6. The zero-order chi connectivity index (χ0) is 12.0. The first-order valence-corrected chi connectivity index (χ1v) is 7.66. The zero-order valence-electron chi connectivity index (χ0n) is 11.5. The highest BCUT2D eigenvalue weighted by molar-refractivity contribution is 4.92. The lowest BCUT2D eigenvalue weighted by molar-refractivity contribution is 0.0949. The molecule has 0 aromatic rings. The minimum Gasteiger partial charge on any atom is -0.381 e. The summed E-state index contributed by atoms with van der Waals surface area (Å²) in [6, 6.07) is 0. The molecule has 2 aliphatic rings. The van der Waals surface area contributed by atoms with Gasteiger partial charge in [0.05, 0.1) is 6.61 Å². The first kappa shape index (κ1) is 13.4. The van der Waals surface area contributed by atoms with E-state index in [9.17, 15) is 0 Å². The SMILES string of the molecule is CCCNCC1(C2CCCCCC2)CCOC1. The first-order valence-electron chi connectivity index (χ1n) is 7.66. The third kappa shape index (κ3) is 3.45. The van der Waals surface area contributed by atoms with Gasteiger partial charge in [-0.1, -0.05) is 32.6 Å². The molecule has 0 bridgehead atoms. The van der Waals surface area contributed by atoms with Crippen LogP contribution in [0.15, 0.2) is 0 Å². The van der Waals surface area contributed by atoms with Crippen molar-refractivity contribution in [1.82, 2.24) is 5.32 Å². The van der Waals surface area contributed by atoms with Crippen LogP contribution in [0.4, 0.5) is 0 Å². The lowest BCUT2D eigenvalue weighted by Gasteiger charge is -2.36. The molecule has 1 heterocycles. The summed E-state index contributed by atoms with van der Waals surface area (Å²) in [5.74, 6) is 0.914. The van der Waals surface area contributed by atoms with E-state index in [1.54, 1.807) is 0 Å². The van der Waals surface area contributed by atoms with E-state index in [0.29, 0.717) is 5.41 Å². The van der Waals surface area contributed by atoms with Crippen molar-refractivity contribution < 1.29 is 4.74 Å². The molecule has 1 saturated carbocycles. The minimum atomic E-state index is 0.472. The van der Waals surface area contributed by atoms with Gasteiger partial charge in [0.2, 0.25) is 0 Å². The van der Waals surface area contributed by atoms with Gasteiger partial charge < -0.3 is 10.1 Å². The minimum absolute atomic E-state index is 0.472. The van der Waals surface area contributed by atoms with E-state index in [4.69, 9.17) is 4.74 Å². The lowest BCUT2D eigenvalue weighted by Crippen LogP contribution is -2.41. The van der Waals surface area contributed by atoms with Crippen molar-refractivity contribution in [2.24, 2.45) is 11.3 Å². The summed E-state index contributed by atoms with van der Waals surface area (Å²) in [5, 5.41) is 3.66. The molecular formula is C15H29NO. The highest BCUT2D eigenvalue weighted by Gasteiger charge is 2.41. The van der Waals surface area contributed by atoms with Gasteiger partial charge >= 0.3 is 0 Å². The van der Waals surface area contributed by atoms with Crippen LogP contribution in [0, 0.1) is 11.3 Å². The third-order valence-corrected chi connectivity index (χ3v) is 4.76. The fourth-order valence-electron chi connectivity index (χ4n) is 3.63. The Morgan fingerprint density at radius 3 is 2.53 bits per heavy atom. The number of hydrogen-bond donors (Lipinski definition) is 1. The van der Waals surface area contributed by atoms with Crippen molar-refractivity contribution >= 4 is 0 Å². The molecular weight excluding hydrogens is 210 g/mol. The van der Waals surface area contributed by atoms with Gasteiger partial charge in [0, 0.05) is 18.6 Å². The predicted molar refractivity (Wildman–Crippen MR) is 72.2 cm³/mol. The average Bonchev–Trinajstić information content (AvgIpc) is 2.65. The maximum atomic E-state index is 5.75. The standard InChI is InChI=1S/C15H29NO/c1-2-10-16-12-15(9-11-17-13-15)14-7-5-3-4-6-8-14/h14,16H,2-13H2,1H3. The number of nitrogens with one attached hydrogen (secondary N) is 1. The van der Waals surface area contributed by atoms with E-state index >= 15 is 0 Å². The predicted octanol–water partition coefficient (Wildman–Crippen LogP) is 3.36. The van der Waals surface area contributed by atoms with Crippen LogP contribution >= 0.6 is 0 Å². The summed E-state index contributed by atoms with van der Waals surface area (Å²) in [5.41, 5.74) is 0.472. The molecule has 17 heavy (non-hydrogen) atoms. The van der Waals surface area contributed by atoms with E-state index in [1.165, 1.54) is 57.9 Å². The Morgan fingerprint density at radius 2 is 1.94 bits per heavy atom. The van der Waals surface area contributed by atoms with E-state index in [-0.39, 0.29) is 0 Å². The molecule has 1 aliphatic heterocycles. The van der Waals surface area contributed by atoms with Crippen molar-refractivity contribution in [1.29, 1.82) is 0 Å². The number of hydrogen-bond acceptors (Lipinski definition) is 2. The molecule has 0 aromatic heterocycles. The summed E-state index contributed by atoms with van der Waals surface area (Å²) in [6.45, 7) is 6.59. The topological polar surface area (TPSA) is 21.3 Å². The molecule has 0 aromatic carbocycles. The van der Waals surface area contributed by atoms with Crippen molar-refractivity contribution in [2.45, 2.75) is 58.3 Å². The summed E-state index contributed by atoms with van der Waals surface area (Å²) >= 11 is 0. The van der Waals surface area contributed by atoms with Crippen LogP contribution in [0.1, 0.15) is 58.3 Å². The van der Waals surface area contributed by atoms with Crippen molar-refractivity contribution in [2.75, 3.05) is 26.3 Å². The van der Waals surface area contributed by atoms with Crippen molar-refractivity contribution in [3.05, 3.63) is 0 Å². The van der Waals surface area contributed by atoms with Crippen LogP contribution in [-0.4, -0.2) is 26.3 Å². The fraction of sp³-hybridized carbons (Fsp3) is 1.00. The van der Waals surface area contributed by atoms with Gasteiger partial charge in [-0.2, -0.15) is 0 Å². The Hall–Kier alpha value is -0.0800. The van der Waals surface area contributed by atoms with E-state index < -0.39 is 0 Å². The highest BCUT2D eigenvalue weighted by Crippen LogP contribution is 2.43. The van der Waals surface area contributed by atoms with Crippen molar-refractivity contribution in [3.8, 4) is 0 Å². The van der Waals surface area contributed by atoms with Gasteiger partial charge in [-0.15, -0.1) is 0 Å². The molecule has 100 valence electrons. The van der Waals surface area contributed by atoms with Crippen LogP contribution in [0.3, 0.4) is 0 Å². The van der Waals surface area contributed by atoms with Gasteiger partial charge in [-0.05, 0) is 38.1 Å². The van der Waals surface area contributed by atoms with Crippen molar-refractivity contribution in [3.63, 3.8) is 0 Å². The highest BCUT2D eigenvalue weighted by atomic mass is 16.5. The second-order valence-corrected chi connectivity index (χ2v) is 6.03. The zero-order valence-corrected chi connectivity index (χ0v) is 11.5. The summed E-state index contributed by atoms with van der Waals surface area (Å²) < 4.78 is 5.75. The Kier molecular flexibility index (Phi) is 5.30. The molecule has 2 heteroatoms. The Morgan fingerprint density at radius 1 is 1.18 bits per heavy atom. The number of rotatable bonds is 5. The van der Waals surface area contributed by atoms with Crippen LogP contribution in [-0.2, 0) is 4.74 Å². The van der Waals surface area contributed by atoms with E-state index in [0.717, 1.165) is 25.7 Å².